The average molecular weight is 311 g/mol. The third-order valence-electron chi connectivity index (χ3n) is 3.34. The summed E-state index contributed by atoms with van der Waals surface area (Å²) in [6.45, 7) is 2.35. The van der Waals surface area contributed by atoms with E-state index < -0.39 is 0 Å². The van der Waals surface area contributed by atoms with Crippen LogP contribution in [0.25, 0.3) is 11.3 Å². The van der Waals surface area contributed by atoms with Crippen LogP contribution in [0.5, 0.6) is 0 Å². The fourth-order valence-corrected chi connectivity index (χ4v) is 2.23. The molecule has 0 aliphatic carbocycles. The molecule has 0 aliphatic rings. The van der Waals surface area contributed by atoms with Crippen molar-refractivity contribution in [2.75, 3.05) is 6.54 Å². The number of carbonyl (C=O) groups excluding carboxylic acids is 1. The van der Waals surface area contributed by atoms with Gasteiger partial charge in [-0.3, -0.25) is 4.79 Å². The highest BCUT2D eigenvalue weighted by molar-refractivity contribution is 5.78. The summed E-state index contributed by atoms with van der Waals surface area (Å²) in [6.07, 6.45) is 0.825. The molecule has 0 spiro atoms. The van der Waals surface area contributed by atoms with Crippen molar-refractivity contribution in [3.05, 3.63) is 59.6 Å². The van der Waals surface area contributed by atoms with Crippen molar-refractivity contribution in [3.8, 4) is 11.3 Å². The summed E-state index contributed by atoms with van der Waals surface area (Å²) in [5.74, 6) is 1.33. The van der Waals surface area contributed by atoms with Crippen LogP contribution in [0.4, 0.5) is 0 Å². The van der Waals surface area contributed by atoms with E-state index in [0.29, 0.717) is 24.4 Å². The molecule has 3 aromatic rings. The lowest BCUT2D eigenvalue weighted by Gasteiger charge is -2.01. The van der Waals surface area contributed by atoms with E-state index in [-0.39, 0.29) is 12.3 Å². The highest BCUT2D eigenvalue weighted by Gasteiger charge is 2.10. The van der Waals surface area contributed by atoms with E-state index in [1.807, 2.05) is 43.3 Å². The van der Waals surface area contributed by atoms with Gasteiger partial charge in [-0.25, -0.2) is 0 Å². The quantitative estimate of drug-likeness (QED) is 0.756. The summed E-state index contributed by atoms with van der Waals surface area (Å²) in [6, 6.07) is 13.3. The van der Waals surface area contributed by atoms with Crippen LogP contribution in [0.2, 0.25) is 0 Å². The number of amides is 1. The Morgan fingerprint density at radius 2 is 1.87 bits per heavy atom. The van der Waals surface area contributed by atoms with Crippen LogP contribution in [0, 0.1) is 6.92 Å². The SMILES string of the molecule is Cc1cc(CCNC(=O)Cc2cc(-c3ccccc3)on2)no1. The molecule has 0 saturated heterocycles. The summed E-state index contributed by atoms with van der Waals surface area (Å²) >= 11 is 0. The summed E-state index contributed by atoms with van der Waals surface area (Å²) in [5.41, 5.74) is 2.38. The molecule has 1 N–H and O–H groups in total. The topological polar surface area (TPSA) is 81.2 Å². The fraction of sp³-hybridized carbons (Fsp3) is 0.235. The standard InChI is InChI=1S/C17H17N3O3/c1-12-9-14(19-22-12)7-8-18-17(21)11-15-10-16(23-20-15)13-5-3-2-4-6-13/h2-6,9-10H,7-8,11H2,1H3,(H,18,21). The van der Waals surface area contributed by atoms with Gasteiger partial charge >= 0.3 is 0 Å². The number of benzene rings is 1. The molecule has 0 bridgehead atoms. The maximum Gasteiger partial charge on any atom is 0.226 e. The number of aromatic nitrogens is 2. The van der Waals surface area contributed by atoms with Gasteiger partial charge in [-0.15, -0.1) is 0 Å². The van der Waals surface area contributed by atoms with E-state index in [4.69, 9.17) is 9.05 Å². The van der Waals surface area contributed by atoms with Gasteiger partial charge in [-0.05, 0) is 6.92 Å². The predicted octanol–water partition coefficient (Wildman–Crippen LogP) is 2.54. The van der Waals surface area contributed by atoms with Crippen molar-refractivity contribution < 1.29 is 13.8 Å². The van der Waals surface area contributed by atoms with E-state index in [1.165, 1.54) is 0 Å². The van der Waals surface area contributed by atoms with Crippen molar-refractivity contribution in [1.82, 2.24) is 15.6 Å². The predicted molar refractivity (Wildman–Crippen MR) is 83.6 cm³/mol. The molecule has 6 heteroatoms. The van der Waals surface area contributed by atoms with Gasteiger partial charge in [0.1, 0.15) is 5.76 Å². The van der Waals surface area contributed by atoms with Crippen LogP contribution < -0.4 is 5.32 Å². The molecular weight excluding hydrogens is 294 g/mol. The molecule has 2 aromatic heterocycles. The highest BCUT2D eigenvalue weighted by Crippen LogP contribution is 2.19. The molecule has 0 saturated carbocycles. The minimum absolute atomic E-state index is 0.0990. The van der Waals surface area contributed by atoms with Crippen molar-refractivity contribution in [3.63, 3.8) is 0 Å². The van der Waals surface area contributed by atoms with E-state index in [0.717, 1.165) is 17.0 Å². The van der Waals surface area contributed by atoms with E-state index in [1.54, 1.807) is 6.07 Å². The van der Waals surface area contributed by atoms with E-state index in [2.05, 4.69) is 15.6 Å². The first-order chi connectivity index (χ1) is 11.2. The monoisotopic (exact) mass is 311 g/mol. The number of nitrogens with one attached hydrogen (secondary N) is 1. The first-order valence-corrected chi connectivity index (χ1v) is 7.40. The molecule has 0 aliphatic heterocycles. The van der Waals surface area contributed by atoms with Crippen LogP contribution in [0.15, 0.2) is 51.5 Å². The second kappa shape index (κ2) is 6.91. The minimum atomic E-state index is -0.0990. The summed E-state index contributed by atoms with van der Waals surface area (Å²) in [4.78, 5) is 11.9. The van der Waals surface area contributed by atoms with Gasteiger partial charge in [0.2, 0.25) is 5.91 Å². The Balaban J connectivity index is 1.49. The summed E-state index contributed by atoms with van der Waals surface area (Å²) in [5, 5.41) is 10.7. The van der Waals surface area contributed by atoms with Crippen molar-refractivity contribution >= 4 is 5.91 Å². The van der Waals surface area contributed by atoms with Crippen molar-refractivity contribution in [2.24, 2.45) is 0 Å². The lowest BCUT2D eigenvalue weighted by Crippen LogP contribution is -2.27. The minimum Gasteiger partial charge on any atom is -0.361 e. The average Bonchev–Trinajstić information content (AvgIpc) is 3.17. The number of hydrogen-bond donors (Lipinski definition) is 1. The number of rotatable bonds is 6. The normalized spacial score (nSPS) is 10.7. The second-order valence-electron chi connectivity index (χ2n) is 5.25. The lowest BCUT2D eigenvalue weighted by molar-refractivity contribution is -0.120. The largest absolute Gasteiger partial charge is 0.361 e. The third-order valence-corrected chi connectivity index (χ3v) is 3.34. The second-order valence-corrected chi connectivity index (χ2v) is 5.25. The van der Waals surface area contributed by atoms with Gasteiger partial charge in [0.15, 0.2) is 5.76 Å². The van der Waals surface area contributed by atoms with Crippen molar-refractivity contribution in [1.29, 1.82) is 0 Å². The summed E-state index contributed by atoms with van der Waals surface area (Å²) < 4.78 is 10.3. The molecule has 118 valence electrons. The first-order valence-electron chi connectivity index (χ1n) is 7.40. The van der Waals surface area contributed by atoms with Gasteiger partial charge in [0, 0.05) is 30.7 Å². The smallest absolute Gasteiger partial charge is 0.226 e. The van der Waals surface area contributed by atoms with Crippen LogP contribution in [0.3, 0.4) is 0 Å². The number of nitrogens with zero attached hydrogens (tertiary/aromatic N) is 2. The van der Waals surface area contributed by atoms with Crippen LogP contribution in [-0.2, 0) is 17.6 Å². The van der Waals surface area contributed by atoms with Gasteiger partial charge < -0.3 is 14.4 Å². The van der Waals surface area contributed by atoms with Crippen LogP contribution >= 0.6 is 0 Å². The van der Waals surface area contributed by atoms with Gasteiger partial charge in [-0.1, -0.05) is 40.6 Å². The molecule has 0 unspecified atom stereocenters. The maximum atomic E-state index is 11.9. The van der Waals surface area contributed by atoms with E-state index >= 15 is 0 Å². The molecule has 0 fully saturated rings. The van der Waals surface area contributed by atoms with Gasteiger partial charge in [-0.2, -0.15) is 0 Å². The summed E-state index contributed by atoms with van der Waals surface area (Å²) in [7, 11) is 0. The number of carbonyl (C=O) groups is 1. The van der Waals surface area contributed by atoms with Gasteiger partial charge in [0.05, 0.1) is 17.8 Å². The first kappa shape index (κ1) is 15.0. The Labute approximate surface area is 133 Å². The molecule has 6 nitrogen and oxygen atoms in total. The number of hydrogen-bond acceptors (Lipinski definition) is 5. The molecule has 3 rings (SSSR count). The Bertz CT molecular complexity index is 777. The zero-order chi connectivity index (χ0) is 16.1. The maximum absolute atomic E-state index is 11.9. The molecule has 1 amide bonds. The van der Waals surface area contributed by atoms with Crippen LogP contribution in [0.1, 0.15) is 17.1 Å². The third kappa shape index (κ3) is 4.06. The molecule has 23 heavy (non-hydrogen) atoms. The molecule has 2 heterocycles. The highest BCUT2D eigenvalue weighted by atomic mass is 16.5. The molecule has 0 atom stereocenters. The van der Waals surface area contributed by atoms with Crippen molar-refractivity contribution in [2.45, 2.75) is 19.8 Å². The molecule has 0 radical (unpaired) electrons. The van der Waals surface area contributed by atoms with Crippen LogP contribution in [-0.4, -0.2) is 22.8 Å². The Morgan fingerprint density at radius 1 is 1.09 bits per heavy atom. The zero-order valence-corrected chi connectivity index (χ0v) is 12.8. The Hall–Kier alpha value is -2.89. The zero-order valence-electron chi connectivity index (χ0n) is 12.8. The molecule has 1 aromatic carbocycles. The van der Waals surface area contributed by atoms with E-state index in [9.17, 15) is 4.79 Å². The van der Waals surface area contributed by atoms with Gasteiger partial charge in [0.25, 0.3) is 0 Å². The Kier molecular flexibility index (Phi) is 4.52. The Morgan fingerprint density at radius 3 is 2.61 bits per heavy atom. The molecular formula is C17H17N3O3. The lowest BCUT2D eigenvalue weighted by atomic mass is 10.1. The number of aryl methyl sites for hydroxylation is 1. The fourth-order valence-electron chi connectivity index (χ4n) is 2.23.